The highest BCUT2D eigenvalue weighted by Crippen LogP contribution is 2.32. The van der Waals surface area contributed by atoms with Crippen LogP contribution in [0, 0.1) is 5.82 Å². The molecule has 0 unspecified atom stereocenters. The number of aromatic nitrogens is 6. The maximum absolute atomic E-state index is 14.8. The average Bonchev–Trinajstić information content (AvgIpc) is 3.22. The molecular weight excluding hydrogens is 469 g/mol. The van der Waals surface area contributed by atoms with Gasteiger partial charge < -0.3 is 10.2 Å². The molecule has 0 radical (unpaired) electrons. The Morgan fingerprint density at radius 3 is 2.41 bits per heavy atom. The number of likely N-dealkylation sites (N-methyl/N-ethyl adjacent to an activating group) is 1. The minimum absolute atomic E-state index is 0.150. The molecule has 4 aromatic heterocycles. The highest BCUT2D eigenvalue weighted by Gasteiger charge is 2.24. The van der Waals surface area contributed by atoms with Crippen molar-refractivity contribution >= 4 is 22.8 Å². The first kappa shape index (κ1) is 25.2. The van der Waals surface area contributed by atoms with Gasteiger partial charge in [0.2, 0.25) is 5.95 Å². The second-order valence-corrected chi connectivity index (χ2v) is 10.6. The summed E-state index contributed by atoms with van der Waals surface area (Å²) in [6.45, 7) is 14.9. The quantitative estimate of drug-likeness (QED) is 0.420. The minimum atomic E-state index is -0.514. The highest BCUT2D eigenvalue weighted by molar-refractivity contribution is 5.83. The van der Waals surface area contributed by atoms with Crippen molar-refractivity contribution in [2.75, 3.05) is 38.0 Å². The van der Waals surface area contributed by atoms with Gasteiger partial charge >= 0.3 is 0 Å². The maximum atomic E-state index is 14.8. The summed E-state index contributed by atoms with van der Waals surface area (Å²) >= 11 is 0. The molecule has 5 rings (SSSR count). The van der Waals surface area contributed by atoms with Crippen LogP contribution in [0.15, 0.2) is 36.8 Å². The first-order valence-corrected chi connectivity index (χ1v) is 12.7. The van der Waals surface area contributed by atoms with Gasteiger partial charge in [0.25, 0.3) is 0 Å². The predicted octanol–water partition coefficient (Wildman–Crippen LogP) is 4.14. The molecule has 0 spiro atoms. The number of nitrogens with one attached hydrogen (secondary N) is 1. The first-order chi connectivity index (χ1) is 17.7. The lowest BCUT2D eigenvalue weighted by molar-refractivity contribution is 0.132. The third-order valence-electron chi connectivity index (χ3n) is 6.80. The van der Waals surface area contributed by atoms with E-state index in [1.807, 2.05) is 30.1 Å². The molecule has 0 amide bonds. The van der Waals surface area contributed by atoms with Crippen LogP contribution in [0.2, 0.25) is 0 Å². The molecule has 0 saturated carbocycles. The van der Waals surface area contributed by atoms with Crippen molar-refractivity contribution < 1.29 is 4.39 Å². The van der Waals surface area contributed by atoms with Crippen LogP contribution in [0.25, 0.3) is 22.3 Å². The summed E-state index contributed by atoms with van der Waals surface area (Å²) < 4.78 is 16.7. The Kier molecular flexibility index (Phi) is 6.87. The lowest BCUT2D eigenvalue weighted by atomic mass is 9.89. The number of nitrogens with zero attached hydrogens (tertiary/aromatic N) is 8. The average molecular weight is 504 g/mol. The van der Waals surface area contributed by atoms with Crippen LogP contribution in [0.3, 0.4) is 0 Å². The van der Waals surface area contributed by atoms with Crippen molar-refractivity contribution in [2.45, 2.75) is 39.7 Å². The zero-order valence-corrected chi connectivity index (χ0v) is 22.2. The summed E-state index contributed by atoms with van der Waals surface area (Å²) in [4.78, 5) is 22.5. The largest absolute Gasteiger partial charge is 0.309 e. The molecule has 5 heterocycles. The number of fused-ring (bicyclic) bond motifs is 1. The molecule has 0 bridgehead atoms. The van der Waals surface area contributed by atoms with Crippen molar-refractivity contribution in [1.82, 2.24) is 39.5 Å². The Balaban J connectivity index is 1.33. The zero-order valence-electron chi connectivity index (χ0n) is 22.2. The molecule has 194 valence electrons. The van der Waals surface area contributed by atoms with Crippen LogP contribution >= 0.6 is 0 Å². The van der Waals surface area contributed by atoms with Gasteiger partial charge in [-0.3, -0.25) is 9.58 Å². The van der Waals surface area contributed by atoms with Gasteiger partial charge in [0.15, 0.2) is 11.5 Å². The Labute approximate surface area is 216 Å². The third-order valence-corrected chi connectivity index (χ3v) is 6.80. The topological polar surface area (TPSA) is 87.9 Å². The number of pyridine rings is 2. The summed E-state index contributed by atoms with van der Waals surface area (Å²) in [6, 6.07) is 5.86. The Hall–Kier alpha value is -3.50. The fourth-order valence-electron chi connectivity index (χ4n) is 4.95. The summed E-state index contributed by atoms with van der Waals surface area (Å²) in [6.07, 6.45) is 4.64. The van der Waals surface area contributed by atoms with Gasteiger partial charge in [0.05, 0.1) is 11.9 Å². The van der Waals surface area contributed by atoms with Crippen molar-refractivity contribution in [3.63, 3.8) is 0 Å². The zero-order chi connectivity index (χ0) is 26.2. The van der Waals surface area contributed by atoms with Crippen LogP contribution in [-0.2, 0) is 19.0 Å². The summed E-state index contributed by atoms with van der Waals surface area (Å²) in [5.41, 5.74) is 3.41. The van der Waals surface area contributed by atoms with E-state index in [0.29, 0.717) is 17.0 Å². The smallest absolute Gasteiger partial charge is 0.229 e. The van der Waals surface area contributed by atoms with Gasteiger partial charge in [0.1, 0.15) is 11.5 Å². The van der Waals surface area contributed by atoms with E-state index in [1.165, 1.54) is 6.20 Å². The number of hydrogen-bond donors (Lipinski definition) is 1. The highest BCUT2D eigenvalue weighted by atomic mass is 19.1. The van der Waals surface area contributed by atoms with Crippen molar-refractivity contribution in [1.29, 1.82) is 0 Å². The van der Waals surface area contributed by atoms with E-state index in [9.17, 15) is 4.39 Å². The van der Waals surface area contributed by atoms with Crippen molar-refractivity contribution in [3.05, 3.63) is 53.9 Å². The lowest BCUT2D eigenvalue weighted by Crippen LogP contribution is -2.45. The molecular formula is C27H34FN9. The van der Waals surface area contributed by atoms with Crippen LogP contribution in [0.5, 0.6) is 0 Å². The minimum Gasteiger partial charge on any atom is -0.309 e. The summed E-state index contributed by atoms with van der Waals surface area (Å²) in [5, 5.41) is 8.50. The first-order valence-electron chi connectivity index (χ1n) is 12.7. The molecule has 4 aromatic rings. The molecule has 1 aliphatic heterocycles. The molecule has 1 aliphatic rings. The molecule has 0 atom stereocenters. The second kappa shape index (κ2) is 10.1. The Bertz CT molecular complexity index is 1380. The molecule has 1 fully saturated rings. The van der Waals surface area contributed by atoms with Crippen LogP contribution in [0.4, 0.5) is 16.2 Å². The molecule has 9 nitrogen and oxygen atoms in total. The van der Waals surface area contributed by atoms with Crippen molar-refractivity contribution in [2.24, 2.45) is 7.05 Å². The van der Waals surface area contributed by atoms with Gasteiger partial charge in [-0.05, 0) is 24.2 Å². The van der Waals surface area contributed by atoms with E-state index in [-0.39, 0.29) is 17.1 Å². The number of anilines is 2. The molecule has 1 N–H and O–H groups in total. The Morgan fingerprint density at radius 2 is 1.73 bits per heavy atom. The molecule has 0 aliphatic carbocycles. The van der Waals surface area contributed by atoms with Gasteiger partial charge in [-0.1, -0.05) is 33.8 Å². The number of rotatable bonds is 6. The number of halogens is 1. The molecule has 10 heteroatoms. The molecule has 37 heavy (non-hydrogen) atoms. The van der Waals surface area contributed by atoms with E-state index >= 15 is 0 Å². The Morgan fingerprint density at radius 1 is 0.973 bits per heavy atom. The number of aryl methyl sites for hydroxylation is 1. The number of hydrogen-bond acceptors (Lipinski definition) is 8. The van der Waals surface area contributed by atoms with Crippen LogP contribution in [0.1, 0.15) is 39.0 Å². The van der Waals surface area contributed by atoms with Gasteiger partial charge in [-0.2, -0.15) is 5.10 Å². The third kappa shape index (κ3) is 5.45. The van der Waals surface area contributed by atoms with Gasteiger partial charge in [-0.25, -0.2) is 24.3 Å². The summed E-state index contributed by atoms with van der Waals surface area (Å²) in [7, 11) is 1.90. The fraction of sp³-hybridized carbons (Fsp3) is 0.444. The lowest BCUT2D eigenvalue weighted by Gasteiger charge is -2.33. The van der Waals surface area contributed by atoms with Gasteiger partial charge in [0, 0.05) is 68.5 Å². The predicted molar refractivity (Wildman–Crippen MR) is 143 cm³/mol. The monoisotopic (exact) mass is 503 g/mol. The normalized spacial score (nSPS) is 15.4. The van der Waals surface area contributed by atoms with E-state index in [4.69, 9.17) is 0 Å². The standard InChI is InChI=1S/C27H34FN9/c1-6-36-9-11-37(12-10-36)17-18-7-8-22(29-14-18)32-26-31-16-21(28)23(33-26)19-13-20-24(27(2,3)4)35(5)34-25(20)30-15-19/h7-8,13-16H,6,9-12,17H2,1-5H3,(H,29,31,32,33). The van der Waals surface area contributed by atoms with Crippen molar-refractivity contribution in [3.8, 4) is 11.3 Å². The van der Waals surface area contributed by atoms with Crippen LogP contribution in [-0.4, -0.2) is 72.2 Å². The molecule has 1 saturated heterocycles. The SMILES string of the molecule is CCN1CCN(Cc2ccc(Nc3ncc(F)c(-c4cnc5nn(C)c(C(C)(C)C)c5c4)n3)nc2)CC1. The maximum Gasteiger partial charge on any atom is 0.229 e. The molecule has 0 aromatic carbocycles. The van der Waals surface area contributed by atoms with Gasteiger partial charge in [-0.15, -0.1) is 0 Å². The van der Waals surface area contributed by atoms with Crippen LogP contribution < -0.4 is 5.32 Å². The van der Waals surface area contributed by atoms with E-state index in [1.54, 1.807) is 6.20 Å². The summed E-state index contributed by atoms with van der Waals surface area (Å²) in [5.74, 6) is 0.363. The van der Waals surface area contributed by atoms with E-state index < -0.39 is 5.82 Å². The van der Waals surface area contributed by atoms with E-state index in [0.717, 1.165) is 55.9 Å². The fourth-order valence-corrected chi connectivity index (χ4v) is 4.95. The number of piperazine rings is 1. The van der Waals surface area contributed by atoms with E-state index in [2.05, 4.69) is 73.9 Å². The second-order valence-electron chi connectivity index (χ2n) is 10.6.